The number of hydrazine groups is 1. The lowest BCUT2D eigenvalue weighted by Crippen LogP contribution is -2.44. The van der Waals surface area contributed by atoms with Crippen molar-refractivity contribution in [2.45, 2.75) is 19.8 Å². The van der Waals surface area contributed by atoms with E-state index < -0.39 is 6.03 Å². The third kappa shape index (κ3) is 3.48. The number of urea groups is 1. The molecule has 0 aromatic heterocycles. The van der Waals surface area contributed by atoms with Crippen LogP contribution in [-0.2, 0) is 4.79 Å². The summed E-state index contributed by atoms with van der Waals surface area (Å²) in [5.41, 5.74) is 6.50. The van der Waals surface area contributed by atoms with Crippen molar-refractivity contribution in [1.29, 1.82) is 0 Å². The van der Waals surface area contributed by atoms with Gasteiger partial charge < -0.3 is 5.32 Å². The third-order valence-corrected chi connectivity index (χ3v) is 2.56. The summed E-state index contributed by atoms with van der Waals surface area (Å²) in [6.07, 6.45) is 1.82. The van der Waals surface area contributed by atoms with E-state index in [1.54, 1.807) is 12.1 Å². The number of hydrogen-bond acceptors (Lipinski definition) is 2. The zero-order valence-corrected chi connectivity index (χ0v) is 9.62. The monoisotopic (exact) mass is 233 g/mol. The van der Waals surface area contributed by atoms with Crippen LogP contribution in [0.5, 0.6) is 0 Å². The van der Waals surface area contributed by atoms with Gasteiger partial charge in [-0.15, -0.1) is 0 Å². The molecule has 0 spiro atoms. The first-order valence-corrected chi connectivity index (χ1v) is 5.58. The van der Waals surface area contributed by atoms with Crippen LogP contribution >= 0.6 is 0 Å². The van der Waals surface area contributed by atoms with E-state index in [0.717, 1.165) is 18.4 Å². The largest absolute Gasteiger partial charge is 0.337 e. The van der Waals surface area contributed by atoms with E-state index >= 15 is 0 Å². The van der Waals surface area contributed by atoms with Crippen LogP contribution in [0.3, 0.4) is 0 Å². The first kappa shape index (κ1) is 11.4. The minimum Gasteiger partial charge on any atom is -0.307 e. The molecule has 0 saturated heterocycles. The highest BCUT2D eigenvalue weighted by molar-refractivity contribution is 5.91. The van der Waals surface area contributed by atoms with Gasteiger partial charge in [-0.25, -0.2) is 10.2 Å². The average molecular weight is 233 g/mol. The first-order chi connectivity index (χ1) is 8.15. The maximum absolute atomic E-state index is 11.4. The quantitative estimate of drug-likeness (QED) is 0.678. The van der Waals surface area contributed by atoms with Gasteiger partial charge in [-0.1, -0.05) is 17.7 Å². The second-order valence-electron chi connectivity index (χ2n) is 4.21. The molecule has 3 N–H and O–H groups in total. The fourth-order valence-corrected chi connectivity index (χ4v) is 1.37. The van der Waals surface area contributed by atoms with Crippen molar-refractivity contribution < 1.29 is 9.59 Å². The molecule has 17 heavy (non-hydrogen) atoms. The molecule has 5 nitrogen and oxygen atoms in total. The van der Waals surface area contributed by atoms with E-state index in [9.17, 15) is 9.59 Å². The van der Waals surface area contributed by atoms with Crippen molar-refractivity contribution in [2.75, 3.05) is 5.32 Å². The Morgan fingerprint density at radius 3 is 2.35 bits per heavy atom. The van der Waals surface area contributed by atoms with E-state index in [4.69, 9.17) is 0 Å². The fourth-order valence-electron chi connectivity index (χ4n) is 1.37. The Bertz CT molecular complexity index is 424. The normalized spacial score (nSPS) is 13.9. The summed E-state index contributed by atoms with van der Waals surface area (Å²) < 4.78 is 0. The molecule has 0 aliphatic heterocycles. The Balaban J connectivity index is 1.76. The van der Waals surface area contributed by atoms with E-state index in [-0.39, 0.29) is 11.8 Å². The molecule has 3 amide bonds. The third-order valence-electron chi connectivity index (χ3n) is 2.56. The van der Waals surface area contributed by atoms with Gasteiger partial charge in [0, 0.05) is 11.6 Å². The summed E-state index contributed by atoms with van der Waals surface area (Å²) in [7, 11) is 0. The van der Waals surface area contributed by atoms with Gasteiger partial charge in [-0.3, -0.25) is 10.2 Å². The highest BCUT2D eigenvalue weighted by atomic mass is 16.2. The molecule has 1 fully saturated rings. The highest BCUT2D eigenvalue weighted by Crippen LogP contribution is 2.28. The number of carbonyl (C=O) groups is 2. The van der Waals surface area contributed by atoms with Gasteiger partial charge in [0.15, 0.2) is 0 Å². The van der Waals surface area contributed by atoms with Gasteiger partial charge in [0.05, 0.1) is 0 Å². The molecule has 2 rings (SSSR count). The lowest BCUT2D eigenvalue weighted by Gasteiger charge is -2.08. The second kappa shape index (κ2) is 4.86. The number of carbonyl (C=O) groups excluding carboxylic acids is 2. The molecule has 0 atom stereocenters. The molecule has 0 unspecified atom stereocenters. The zero-order chi connectivity index (χ0) is 12.3. The molecule has 0 bridgehead atoms. The molecule has 5 heteroatoms. The molecular formula is C12H15N3O2. The van der Waals surface area contributed by atoms with Crippen molar-refractivity contribution >= 4 is 17.6 Å². The molecule has 1 saturated carbocycles. The van der Waals surface area contributed by atoms with Crippen molar-refractivity contribution in [2.24, 2.45) is 5.92 Å². The maximum Gasteiger partial charge on any atom is 0.337 e. The average Bonchev–Trinajstić information content (AvgIpc) is 3.13. The first-order valence-electron chi connectivity index (χ1n) is 5.58. The summed E-state index contributed by atoms with van der Waals surface area (Å²) in [5.74, 6) is -0.0428. The lowest BCUT2D eigenvalue weighted by atomic mass is 10.2. The molecule has 1 aliphatic carbocycles. The van der Waals surface area contributed by atoms with E-state index in [1.807, 2.05) is 19.1 Å². The Morgan fingerprint density at radius 1 is 1.12 bits per heavy atom. The van der Waals surface area contributed by atoms with Crippen molar-refractivity contribution in [3.05, 3.63) is 29.8 Å². The van der Waals surface area contributed by atoms with Crippen LogP contribution in [0.4, 0.5) is 10.5 Å². The second-order valence-corrected chi connectivity index (χ2v) is 4.21. The van der Waals surface area contributed by atoms with E-state index in [0.29, 0.717) is 5.69 Å². The minimum atomic E-state index is -0.442. The van der Waals surface area contributed by atoms with Gasteiger partial charge in [-0.2, -0.15) is 0 Å². The number of hydrogen-bond donors (Lipinski definition) is 3. The summed E-state index contributed by atoms with van der Waals surface area (Å²) in [6, 6.07) is 6.97. The molecule has 1 aromatic carbocycles. The van der Waals surface area contributed by atoms with Gasteiger partial charge >= 0.3 is 6.03 Å². The van der Waals surface area contributed by atoms with Crippen LogP contribution < -0.4 is 16.2 Å². The van der Waals surface area contributed by atoms with Crippen molar-refractivity contribution in [1.82, 2.24) is 10.9 Å². The highest BCUT2D eigenvalue weighted by Gasteiger charge is 2.29. The minimum absolute atomic E-state index is 0.0784. The molecule has 1 aliphatic rings. The Labute approximate surface area is 99.6 Å². The number of aryl methyl sites for hydroxylation is 1. The predicted octanol–water partition coefficient (Wildman–Crippen LogP) is 1.56. The Hall–Kier alpha value is -2.04. The number of amides is 3. The van der Waals surface area contributed by atoms with Crippen LogP contribution in [0.15, 0.2) is 24.3 Å². The van der Waals surface area contributed by atoms with Crippen LogP contribution in [-0.4, -0.2) is 11.9 Å². The topological polar surface area (TPSA) is 70.2 Å². The SMILES string of the molecule is Cc1ccc(NC(=O)NNC(=O)C2CC2)cc1. The van der Waals surface area contributed by atoms with E-state index in [1.165, 1.54) is 0 Å². The molecule has 1 aromatic rings. The summed E-state index contributed by atoms with van der Waals surface area (Å²) in [4.78, 5) is 22.7. The van der Waals surface area contributed by atoms with Gasteiger partial charge in [-0.05, 0) is 31.9 Å². The van der Waals surface area contributed by atoms with Crippen molar-refractivity contribution in [3.8, 4) is 0 Å². The predicted molar refractivity (Wildman–Crippen MR) is 64.2 cm³/mol. The maximum atomic E-state index is 11.4. The molecule has 0 radical (unpaired) electrons. The van der Waals surface area contributed by atoms with Crippen LogP contribution in [0.1, 0.15) is 18.4 Å². The zero-order valence-electron chi connectivity index (χ0n) is 9.62. The van der Waals surface area contributed by atoms with Crippen LogP contribution in [0.2, 0.25) is 0 Å². The standard InChI is InChI=1S/C12H15N3O2/c1-8-2-6-10(7-3-8)13-12(17)15-14-11(16)9-4-5-9/h2-3,6-7,9H,4-5H2,1H3,(H,14,16)(H2,13,15,17). The Kier molecular flexibility index (Phi) is 3.27. The van der Waals surface area contributed by atoms with Crippen LogP contribution in [0.25, 0.3) is 0 Å². The Morgan fingerprint density at radius 2 is 1.76 bits per heavy atom. The number of nitrogens with one attached hydrogen (secondary N) is 3. The lowest BCUT2D eigenvalue weighted by molar-refractivity contribution is -0.122. The molecule has 0 heterocycles. The van der Waals surface area contributed by atoms with Crippen molar-refractivity contribution in [3.63, 3.8) is 0 Å². The molecule has 90 valence electrons. The van der Waals surface area contributed by atoms with E-state index in [2.05, 4.69) is 16.2 Å². The summed E-state index contributed by atoms with van der Waals surface area (Å²) >= 11 is 0. The fraction of sp³-hybridized carbons (Fsp3) is 0.333. The van der Waals surface area contributed by atoms with Crippen LogP contribution in [0, 0.1) is 12.8 Å². The number of anilines is 1. The molecular weight excluding hydrogens is 218 g/mol. The van der Waals surface area contributed by atoms with Gasteiger partial charge in [0.25, 0.3) is 0 Å². The van der Waals surface area contributed by atoms with Gasteiger partial charge in [0.1, 0.15) is 0 Å². The van der Waals surface area contributed by atoms with Gasteiger partial charge in [0.2, 0.25) is 5.91 Å². The summed E-state index contributed by atoms with van der Waals surface area (Å²) in [6.45, 7) is 1.97. The number of benzene rings is 1. The number of rotatable bonds is 2. The smallest absolute Gasteiger partial charge is 0.307 e. The summed E-state index contributed by atoms with van der Waals surface area (Å²) in [5, 5.41) is 2.62.